The highest BCUT2D eigenvalue weighted by Crippen LogP contribution is 2.37. The molecule has 14 heteroatoms. The van der Waals surface area contributed by atoms with Crippen molar-refractivity contribution in [2.24, 2.45) is 11.3 Å². The molecule has 0 bridgehead atoms. The number of piperidine rings is 1. The molecule has 4 rings (SSSR count). The van der Waals surface area contributed by atoms with E-state index in [1.165, 1.54) is 21.0 Å². The van der Waals surface area contributed by atoms with Gasteiger partial charge in [0.2, 0.25) is 10.0 Å². The first-order chi connectivity index (χ1) is 19.9. The second-order valence-electron chi connectivity index (χ2n) is 11.2. The molecule has 3 aromatic rings. The molecule has 0 saturated carbocycles. The van der Waals surface area contributed by atoms with Crippen molar-refractivity contribution >= 4 is 15.5 Å². The van der Waals surface area contributed by atoms with Gasteiger partial charge in [-0.25, -0.2) is 17.9 Å². The van der Waals surface area contributed by atoms with Crippen LogP contribution in [0.25, 0.3) is 16.9 Å². The lowest BCUT2D eigenvalue weighted by Gasteiger charge is -2.36. The third-order valence-electron chi connectivity index (χ3n) is 8.09. The number of imidazole rings is 1. The average Bonchev–Trinajstić information content (AvgIpc) is 3.28. The average molecular weight is 605 g/mol. The monoisotopic (exact) mass is 604 g/mol. The van der Waals surface area contributed by atoms with Crippen LogP contribution in [0, 0.1) is 28.4 Å². The number of aryl methyl sites for hydroxylation is 2. The number of nitrogens with one attached hydrogen (secondary N) is 1. The van der Waals surface area contributed by atoms with E-state index in [-0.39, 0.29) is 34.2 Å². The first-order valence-corrected chi connectivity index (χ1v) is 15.9. The summed E-state index contributed by atoms with van der Waals surface area (Å²) in [6.07, 6.45) is 4.17. The highest BCUT2D eigenvalue weighted by atomic mass is 32.2. The Labute approximate surface area is 245 Å². The molecule has 13 nitrogen and oxygen atoms in total. The second-order valence-corrected chi connectivity index (χ2v) is 13.2. The standard InChI is InChI=1S/C28H40N6O7S/c1-6-9-24-29-19(4)25-27(35)30-26(31-33(24)25)22-16-21(10-11-23(22)40-8-3)42(38,39)32-14-12-20(13-15-32)17-28(5,7-2)18-41-34(36)37/h10-11,16,20H,6-9,12-15,17-18H2,1-5H3,(H,30,31,35). The Bertz CT molecular complexity index is 1590. The minimum Gasteiger partial charge on any atom is -0.493 e. The number of rotatable bonds is 13. The molecule has 1 atom stereocenters. The SMILES string of the molecule is CCCc1nc(C)c2c(=O)[nH]c(-c3cc(S(=O)(=O)N4CCC(CC(C)(CC)CO[N+](=O)[O-])CC4)ccc3OCC)nn12. The Kier molecular flexibility index (Phi) is 9.56. The van der Waals surface area contributed by atoms with Crippen LogP contribution in [0.15, 0.2) is 27.9 Å². The molecule has 2 aromatic heterocycles. The molecule has 1 aliphatic heterocycles. The molecule has 3 heterocycles. The van der Waals surface area contributed by atoms with E-state index in [1.807, 2.05) is 27.7 Å². The third kappa shape index (κ3) is 6.59. The summed E-state index contributed by atoms with van der Waals surface area (Å²) < 4.78 is 36.3. The second kappa shape index (κ2) is 12.8. The summed E-state index contributed by atoms with van der Waals surface area (Å²) in [6.45, 7) is 10.6. The van der Waals surface area contributed by atoms with Crippen LogP contribution in [0.4, 0.5) is 0 Å². The van der Waals surface area contributed by atoms with E-state index in [0.717, 1.165) is 12.8 Å². The zero-order chi connectivity index (χ0) is 30.7. The fourth-order valence-electron chi connectivity index (χ4n) is 5.59. The number of hydrogen-bond donors (Lipinski definition) is 1. The van der Waals surface area contributed by atoms with Crippen molar-refractivity contribution in [3.8, 4) is 17.1 Å². The number of hydrogen-bond acceptors (Lipinski definition) is 9. The molecule has 0 radical (unpaired) electrons. The summed E-state index contributed by atoms with van der Waals surface area (Å²) in [4.78, 5) is 35.8. The summed E-state index contributed by atoms with van der Waals surface area (Å²) in [5, 5.41) is 14.6. The van der Waals surface area contributed by atoms with E-state index in [2.05, 4.69) is 19.9 Å². The van der Waals surface area contributed by atoms with Crippen molar-refractivity contribution in [2.75, 3.05) is 26.3 Å². The molecule has 1 unspecified atom stereocenters. The van der Waals surface area contributed by atoms with E-state index in [9.17, 15) is 23.3 Å². The normalized spacial score (nSPS) is 16.4. The minimum atomic E-state index is -3.86. The quantitative estimate of drug-likeness (QED) is 0.223. The Morgan fingerprint density at radius 1 is 1.21 bits per heavy atom. The van der Waals surface area contributed by atoms with Gasteiger partial charge in [0, 0.05) is 19.5 Å². The molecule has 0 amide bonds. The van der Waals surface area contributed by atoms with Gasteiger partial charge in [0.05, 0.1) is 22.8 Å². The van der Waals surface area contributed by atoms with Gasteiger partial charge < -0.3 is 14.6 Å². The van der Waals surface area contributed by atoms with Crippen molar-refractivity contribution < 1.29 is 23.1 Å². The lowest BCUT2D eigenvalue weighted by molar-refractivity contribution is -0.761. The molecule has 1 fully saturated rings. The topological polar surface area (TPSA) is 162 Å². The smallest absolute Gasteiger partial charge is 0.294 e. The largest absolute Gasteiger partial charge is 0.493 e. The fraction of sp³-hybridized carbons (Fsp3) is 0.607. The van der Waals surface area contributed by atoms with Gasteiger partial charge in [-0.05, 0) is 75.5 Å². The molecule has 230 valence electrons. The zero-order valence-corrected chi connectivity index (χ0v) is 25.7. The van der Waals surface area contributed by atoms with Gasteiger partial charge in [-0.2, -0.15) is 4.31 Å². The number of nitrogens with zero attached hydrogens (tertiary/aromatic N) is 5. The molecular formula is C28H40N6O7S. The summed E-state index contributed by atoms with van der Waals surface area (Å²) in [5.74, 6) is 1.48. The molecular weight excluding hydrogens is 564 g/mol. The number of H-pyrrole nitrogens is 1. The maximum atomic E-state index is 13.8. The van der Waals surface area contributed by atoms with Crippen LogP contribution in [0.1, 0.15) is 71.3 Å². The summed E-state index contributed by atoms with van der Waals surface area (Å²) in [6, 6.07) is 4.61. The summed E-state index contributed by atoms with van der Waals surface area (Å²) in [7, 11) is -3.86. The molecule has 1 aliphatic rings. The Balaban J connectivity index is 1.61. The Morgan fingerprint density at radius 3 is 2.55 bits per heavy atom. The predicted octanol–water partition coefficient (Wildman–Crippen LogP) is 4.16. The summed E-state index contributed by atoms with van der Waals surface area (Å²) >= 11 is 0. The van der Waals surface area contributed by atoms with Crippen molar-refractivity contribution in [1.82, 2.24) is 23.9 Å². The van der Waals surface area contributed by atoms with Crippen LogP contribution in [0.2, 0.25) is 0 Å². The minimum absolute atomic E-state index is 0.0183. The molecule has 1 saturated heterocycles. The number of sulfonamides is 1. The molecule has 42 heavy (non-hydrogen) atoms. The predicted molar refractivity (Wildman–Crippen MR) is 156 cm³/mol. The van der Waals surface area contributed by atoms with Crippen molar-refractivity contribution in [3.63, 3.8) is 0 Å². The zero-order valence-electron chi connectivity index (χ0n) is 24.9. The van der Waals surface area contributed by atoms with E-state index in [0.29, 0.717) is 73.7 Å². The molecule has 1 N–H and O–H groups in total. The number of aromatic amines is 1. The maximum Gasteiger partial charge on any atom is 0.294 e. The van der Waals surface area contributed by atoms with Crippen molar-refractivity contribution in [1.29, 1.82) is 0 Å². The van der Waals surface area contributed by atoms with Gasteiger partial charge in [0.1, 0.15) is 18.2 Å². The lowest BCUT2D eigenvalue weighted by Crippen LogP contribution is -2.40. The van der Waals surface area contributed by atoms with Crippen LogP contribution >= 0.6 is 0 Å². The van der Waals surface area contributed by atoms with Crippen LogP contribution in [0.5, 0.6) is 5.75 Å². The van der Waals surface area contributed by atoms with Gasteiger partial charge in [-0.15, -0.1) is 15.2 Å². The number of aromatic nitrogens is 4. The number of benzene rings is 1. The number of ether oxygens (including phenoxy) is 1. The highest BCUT2D eigenvalue weighted by Gasteiger charge is 2.34. The van der Waals surface area contributed by atoms with Gasteiger partial charge in [-0.1, -0.05) is 20.8 Å². The van der Waals surface area contributed by atoms with E-state index < -0.39 is 15.1 Å². The highest BCUT2D eigenvalue weighted by molar-refractivity contribution is 7.89. The Hall–Kier alpha value is -3.52. The number of fused-ring (bicyclic) bond motifs is 1. The Morgan fingerprint density at radius 2 is 1.93 bits per heavy atom. The maximum absolute atomic E-state index is 13.8. The molecule has 1 aromatic carbocycles. The third-order valence-corrected chi connectivity index (χ3v) is 9.98. The first kappa shape index (κ1) is 31.4. The lowest BCUT2D eigenvalue weighted by atomic mass is 9.76. The van der Waals surface area contributed by atoms with Gasteiger partial charge >= 0.3 is 0 Å². The fourth-order valence-corrected chi connectivity index (χ4v) is 7.09. The van der Waals surface area contributed by atoms with Crippen LogP contribution < -0.4 is 10.3 Å². The van der Waals surface area contributed by atoms with Crippen molar-refractivity contribution in [2.45, 2.75) is 78.0 Å². The van der Waals surface area contributed by atoms with Gasteiger partial charge in [-0.3, -0.25) is 4.79 Å². The van der Waals surface area contributed by atoms with Gasteiger partial charge in [0.25, 0.3) is 10.6 Å². The van der Waals surface area contributed by atoms with Crippen LogP contribution in [0.3, 0.4) is 0 Å². The van der Waals surface area contributed by atoms with Crippen molar-refractivity contribution in [3.05, 3.63) is 50.2 Å². The summed E-state index contributed by atoms with van der Waals surface area (Å²) in [5.41, 5.74) is 0.570. The molecule has 0 aliphatic carbocycles. The van der Waals surface area contributed by atoms with Gasteiger partial charge in [0.15, 0.2) is 11.3 Å². The van der Waals surface area contributed by atoms with E-state index >= 15 is 0 Å². The molecule has 0 spiro atoms. The first-order valence-electron chi connectivity index (χ1n) is 14.5. The van der Waals surface area contributed by atoms with E-state index in [1.54, 1.807) is 13.0 Å². The van der Waals surface area contributed by atoms with Crippen LogP contribution in [-0.4, -0.2) is 63.7 Å². The van der Waals surface area contributed by atoms with Crippen LogP contribution in [-0.2, 0) is 21.3 Å². The van der Waals surface area contributed by atoms with E-state index in [4.69, 9.17) is 4.74 Å².